The second-order valence-corrected chi connectivity index (χ2v) is 19.9. The van der Waals surface area contributed by atoms with Crippen LogP contribution < -0.4 is 0 Å². The Labute approximate surface area is 356 Å². The standard InChI is InChI=1S/3C13H9.C9H7.4ClH.2Zr/c3*1-3-7-12-10(5-1)9-11-6-2-4-8-13(11)12;1-2-5-9-7-3-6-8(9)4-1;;;;;;/h3*1-5,7-8H,9H2;1-7H;4*1H;;/q4*-1;;;;;2*+2/p-4. The average Bonchev–Trinajstić information content (AvgIpc) is 4.02. The van der Waals surface area contributed by atoms with Gasteiger partial charge in [0.15, 0.2) is 0 Å². The summed E-state index contributed by atoms with van der Waals surface area (Å²) in [6.45, 7) is 0. The van der Waals surface area contributed by atoms with E-state index in [1.54, 1.807) is 0 Å². The van der Waals surface area contributed by atoms with Crippen LogP contribution in [0.15, 0.2) is 170 Å². The molecule has 0 aliphatic heterocycles. The molecular weight excluding hydrogens is 901 g/mol. The molecule has 3 aliphatic carbocycles. The third-order valence-corrected chi connectivity index (χ3v) is 9.40. The topological polar surface area (TPSA) is 0 Å². The van der Waals surface area contributed by atoms with Gasteiger partial charge in [-0.25, -0.2) is 0 Å². The van der Waals surface area contributed by atoms with E-state index < -0.39 is 41.7 Å². The molecule has 0 aromatic heterocycles. The van der Waals surface area contributed by atoms with E-state index in [1.165, 1.54) is 77.5 Å². The van der Waals surface area contributed by atoms with Gasteiger partial charge >= 0.3 is 75.7 Å². The van der Waals surface area contributed by atoms with Crippen LogP contribution in [0.1, 0.15) is 33.4 Å². The van der Waals surface area contributed by atoms with Crippen molar-refractivity contribution in [3.05, 3.63) is 221 Å². The molecule has 0 amide bonds. The van der Waals surface area contributed by atoms with Crippen molar-refractivity contribution in [1.82, 2.24) is 0 Å². The number of hydrogen-bond donors (Lipinski definition) is 0. The van der Waals surface area contributed by atoms with Crippen molar-refractivity contribution in [3.63, 3.8) is 0 Å². The molecule has 8 aromatic carbocycles. The van der Waals surface area contributed by atoms with Crippen LogP contribution in [0.4, 0.5) is 0 Å². The summed E-state index contributed by atoms with van der Waals surface area (Å²) >= 11 is -1.65. The molecule has 0 nitrogen and oxygen atoms in total. The Morgan fingerprint density at radius 3 is 1.11 bits per heavy atom. The molecule has 0 bridgehead atoms. The fourth-order valence-corrected chi connectivity index (χ4v) is 7.06. The van der Waals surface area contributed by atoms with Gasteiger partial charge in [-0.05, 0) is 19.3 Å². The molecular formula is C48H34Cl4Zr2-4. The molecule has 0 heterocycles. The van der Waals surface area contributed by atoms with Crippen molar-refractivity contribution in [1.29, 1.82) is 0 Å². The van der Waals surface area contributed by atoms with Crippen molar-refractivity contribution in [3.8, 4) is 33.4 Å². The van der Waals surface area contributed by atoms with Gasteiger partial charge in [-0.3, -0.25) is 0 Å². The molecule has 0 fully saturated rings. The molecule has 266 valence electrons. The van der Waals surface area contributed by atoms with E-state index in [4.69, 9.17) is 34.1 Å². The molecule has 0 radical (unpaired) electrons. The summed E-state index contributed by atoms with van der Waals surface area (Å²) < 4.78 is 0. The third-order valence-electron chi connectivity index (χ3n) is 9.40. The molecule has 8 aromatic rings. The summed E-state index contributed by atoms with van der Waals surface area (Å²) in [5, 5.41) is 2.66. The molecule has 0 spiro atoms. The number of fused-ring (bicyclic) bond motifs is 10. The van der Waals surface area contributed by atoms with Gasteiger partial charge < -0.3 is 0 Å². The monoisotopic (exact) mass is 930 g/mol. The number of halogens is 4. The molecule has 0 N–H and O–H groups in total. The van der Waals surface area contributed by atoms with Gasteiger partial charge in [0.2, 0.25) is 0 Å². The first-order chi connectivity index (χ1) is 26.6. The Morgan fingerprint density at radius 2 is 0.722 bits per heavy atom. The van der Waals surface area contributed by atoms with Crippen LogP contribution in [-0.4, -0.2) is 0 Å². The molecule has 0 atom stereocenters. The summed E-state index contributed by atoms with van der Waals surface area (Å²) in [7, 11) is 19.7. The molecule has 0 saturated heterocycles. The minimum Gasteiger partial charge on any atom is -0.179 e. The molecule has 0 unspecified atom stereocenters. The van der Waals surface area contributed by atoms with Gasteiger partial charge in [0.05, 0.1) is 0 Å². The van der Waals surface area contributed by atoms with E-state index in [1.807, 2.05) is 18.2 Å². The van der Waals surface area contributed by atoms with Crippen molar-refractivity contribution < 1.29 is 41.7 Å². The largest absolute Gasteiger partial charge is 0.179 e. The first-order valence-corrected chi connectivity index (χ1v) is 30.1. The molecule has 54 heavy (non-hydrogen) atoms. The van der Waals surface area contributed by atoms with Crippen LogP contribution in [0, 0.1) is 18.2 Å². The predicted octanol–water partition coefficient (Wildman–Crippen LogP) is 14.5. The minimum atomic E-state index is -0.826. The molecule has 0 saturated carbocycles. The van der Waals surface area contributed by atoms with E-state index >= 15 is 0 Å². The third kappa shape index (κ3) is 10.5. The maximum absolute atomic E-state index is 4.93. The van der Waals surface area contributed by atoms with Crippen LogP contribution in [0.5, 0.6) is 0 Å². The zero-order chi connectivity index (χ0) is 37.5. The quantitative estimate of drug-likeness (QED) is 0.133. The van der Waals surface area contributed by atoms with Gasteiger partial charge in [0.1, 0.15) is 0 Å². The van der Waals surface area contributed by atoms with Crippen molar-refractivity contribution in [2.75, 3.05) is 0 Å². The fraction of sp³-hybridized carbons (Fsp3) is 0.0625. The number of benzene rings is 7. The fourth-order valence-electron chi connectivity index (χ4n) is 7.06. The van der Waals surface area contributed by atoms with Gasteiger partial charge in [-0.15, -0.1) is 46.3 Å². The van der Waals surface area contributed by atoms with Crippen LogP contribution >= 0.6 is 34.1 Å². The summed E-state index contributed by atoms with van der Waals surface area (Å²) in [5.74, 6) is 0. The molecule has 3 aliphatic rings. The Kier molecular flexibility index (Phi) is 16.1. The second-order valence-electron chi connectivity index (χ2n) is 12.5. The van der Waals surface area contributed by atoms with E-state index in [0.717, 1.165) is 19.3 Å². The zero-order valence-electron chi connectivity index (χ0n) is 29.3. The van der Waals surface area contributed by atoms with Crippen LogP contribution in [0.25, 0.3) is 44.2 Å². The maximum atomic E-state index is 4.93. The first kappa shape index (κ1) is 40.7. The Bertz CT molecular complexity index is 2030. The Morgan fingerprint density at radius 1 is 0.389 bits per heavy atom. The SMILES string of the molecule is [Cl][Zr][Cl].[Cl][Zr][Cl].[c-]1cccc2c1Cc1ccccc1-2.[c-]1cccc2c1Cc1ccccc1-2.[c-]1cccc2c1Cc1ccccc1-2.c1ccc2[cH-]ccc2c1. The second kappa shape index (κ2) is 21.4. The molecule has 6 heteroatoms. The predicted molar refractivity (Wildman–Crippen MR) is 224 cm³/mol. The minimum absolute atomic E-state index is 0.826. The van der Waals surface area contributed by atoms with Gasteiger partial charge in [0.25, 0.3) is 0 Å². The van der Waals surface area contributed by atoms with Gasteiger partial charge in [-0.1, -0.05) is 112 Å². The zero-order valence-corrected chi connectivity index (χ0v) is 37.2. The van der Waals surface area contributed by atoms with E-state index in [2.05, 4.69) is 170 Å². The number of hydrogen-bond acceptors (Lipinski definition) is 0. The smallest absolute Gasteiger partial charge is 0.0253 e. The normalized spacial score (nSPS) is 11.1. The van der Waals surface area contributed by atoms with Crippen LogP contribution in [-0.2, 0) is 61.0 Å². The van der Waals surface area contributed by atoms with Crippen molar-refractivity contribution >= 4 is 44.8 Å². The van der Waals surface area contributed by atoms with Gasteiger partial charge in [0, 0.05) is 0 Å². The first-order valence-electron chi connectivity index (χ1n) is 17.4. The summed E-state index contributed by atoms with van der Waals surface area (Å²) in [6.07, 6.45) is 3.14. The van der Waals surface area contributed by atoms with Crippen molar-refractivity contribution in [2.24, 2.45) is 0 Å². The van der Waals surface area contributed by atoms with Gasteiger partial charge in [-0.2, -0.15) is 107 Å². The van der Waals surface area contributed by atoms with Crippen LogP contribution in [0.2, 0.25) is 0 Å². The average molecular weight is 935 g/mol. The van der Waals surface area contributed by atoms with Crippen molar-refractivity contribution in [2.45, 2.75) is 19.3 Å². The van der Waals surface area contributed by atoms with E-state index in [-0.39, 0.29) is 0 Å². The summed E-state index contributed by atoms with van der Waals surface area (Å²) in [6, 6.07) is 69.0. The van der Waals surface area contributed by atoms with E-state index in [9.17, 15) is 0 Å². The maximum Gasteiger partial charge on any atom is -0.0253 e. The summed E-state index contributed by atoms with van der Waals surface area (Å²) in [5.41, 5.74) is 16.5. The van der Waals surface area contributed by atoms with E-state index in [0.29, 0.717) is 0 Å². The number of rotatable bonds is 0. The molecule has 11 rings (SSSR count). The summed E-state index contributed by atoms with van der Waals surface area (Å²) in [4.78, 5) is 0. The Balaban J connectivity index is 0.000000118. The van der Waals surface area contributed by atoms with Crippen LogP contribution in [0.3, 0.4) is 0 Å². The Hall–Kier alpha value is -2.92.